The van der Waals surface area contributed by atoms with Crippen LogP contribution < -0.4 is 15.2 Å². The molecule has 4 aliphatic rings. The number of rotatable bonds is 4. The zero-order valence-corrected chi connectivity index (χ0v) is 22.5. The number of hydrogen-bond donors (Lipinski definition) is 0. The molecule has 1 aromatic heterocycles. The molecule has 2 aromatic carbocycles. The number of fused-ring (bicyclic) bond motifs is 8. The van der Waals surface area contributed by atoms with Crippen LogP contribution in [0.2, 0.25) is 0 Å². The van der Waals surface area contributed by atoms with Gasteiger partial charge < -0.3 is 19.1 Å². The van der Waals surface area contributed by atoms with Gasteiger partial charge in [-0.25, -0.2) is 13.6 Å². The molecule has 9 nitrogen and oxygen atoms in total. The Kier molecular flexibility index (Phi) is 6.03. The maximum absolute atomic E-state index is 15.4. The molecule has 4 atom stereocenters. The first kappa shape index (κ1) is 25.6. The van der Waals surface area contributed by atoms with Gasteiger partial charge in [0.25, 0.3) is 5.91 Å². The van der Waals surface area contributed by atoms with Gasteiger partial charge in [0, 0.05) is 34.4 Å². The number of ether oxygens (including phenoxy) is 3. The number of carbonyl (C=O) groups excluding carboxylic acids is 2. The van der Waals surface area contributed by atoms with Crippen molar-refractivity contribution in [2.45, 2.75) is 35.3 Å². The molecule has 1 fully saturated rings. The number of methoxy groups -OCH3 is 1. The van der Waals surface area contributed by atoms with Crippen molar-refractivity contribution in [3.05, 3.63) is 105 Å². The Morgan fingerprint density at radius 3 is 2.73 bits per heavy atom. The van der Waals surface area contributed by atoms with E-state index in [0.717, 1.165) is 23.6 Å². The highest BCUT2D eigenvalue weighted by Gasteiger charge is 2.55. The molecule has 0 N–H and O–H groups in total. The third kappa shape index (κ3) is 3.84. The summed E-state index contributed by atoms with van der Waals surface area (Å²) in [5.41, 5.74) is 1.01. The van der Waals surface area contributed by atoms with Crippen molar-refractivity contribution in [3.63, 3.8) is 0 Å². The van der Waals surface area contributed by atoms with E-state index in [2.05, 4.69) is 10.8 Å². The average Bonchev–Trinajstić information content (AvgIpc) is 3.56. The van der Waals surface area contributed by atoms with Gasteiger partial charge in [-0.3, -0.25) is 19.3 Å². The summed E-state index contributed by atoms with van der Waals surface area (Å²) in [5.74, 6) is -2.38. The van der Waals surface area contributed by atoms with Crippen LogP contribution in [0.3, 0.4) is 0 Å². The predicted molar refractivity (Wildman–Crippen MR) is 143 cm³/mol. The van der Waals surface area contributed by atoms with E-state index in [0.29, 0.717) is 12.0 Å². The summed E-state index contributed by atoms with van der Waals surface area (Å²) in [6.45, 7) is -0.655. The van der Waals surface area contributed by atoms with Crippen molar-refractivity contribution in [3.8, 4) is 5.75 Å². The average molecular weight is 580 g/mol. The topological polar surface area (TPSA) is 90.3 Å². The van der Waals surface area contributed by atoms with E-state index in [1.165, 1.54) is 24.0 Å². The van der Waals surface area contributed by atoms with Crippen molar-refractivity contribution in [2.75, 3.05) is 18.9 Å². The molecule has 210 valence electrons. The van der Waals surface area contributed by atoms with Crippen molar-refractivity contribution < 1.29 is 32.6 Å². The minimum Gasteiger partial charge on any atom is -0.451 e. The molecular weight excluding hydrogens is 556 g/mol. The fraction of sp³-hybridized carbons (Fsp3) is 0.276. The van der Waals surface area contributed by atoms with Gasteiger partial charge in [0.1, 0.15) is 6.17 Å². The summed E-state index contributed by atoms with van der Waals surface area (Å²) < 4.78 is 46.3. The first-order valence-corrected chi connectivity index (χ1v) is 13.9. The molecule has 3 aromatic rings. The fourth-order valence-corrected chi connectivity index (χ4v) is 7.45. The summed E-state index contributed by atoms with van der Waals surface area (Å²) in [5, 5.41) is 1.96. The molecule has 1 amide bonds. The molecule has 1 saturated heterocycles. The predicted octanol–water partition coefficient (Wildman–Crippen LogP) is 4.32. The standard InChI is InChI=1S/C29H23F2N3O6S/c1-38-29(37)40-14-39-26-21(35)10-11-32-25(26)28(36)33-16-7-6-15(12-16)27(33)34(32)24-17-8-9-20(30)23(31)19(17)13-41-22-5-3-2-4-18(22)24/h2-11,15-16,24,27H,12-14H2,1H3/t15-,16+,24-,27+/m0/s1. The minimum absolute atomic E-state index is 0.0413. The van der Waals surface area contributed by atoms with Crippen molar-refractivity contribution in [2.24, 2.45) is 5.92 Å². The molecule has 7 rings (SSSR count). The lowest BCUT2D eigenvalue weighted by molar-refractivity contribution is 0.0130. The lowest BCUT2D eigenvalue weighted by Gasteiger charge is -2.50. The first-order chi connectivity index (χ1) is 19.9. The second-order valence-corrected chi connectivity index (χ2v) is 11.1. The molecule has 0 radical (unpaired) electrons. The maximum Gasteiger partial charge on any atom is 0.510 e. The van der Waals surface area contributed by atoms with Crippen LogP contribution in [0.4, 0.5) is 13.6 Å². The Hall–Kier alpha value is -4.32. The largest absolute Gasteiger partial charge is 0.510 e. The van der Waals surface area contributed by atoms with Gasteiger partial charge >= 0.3 is 6.16 Å². The van der Waals surface area contributed by atoms with E-state index in [9.17, 15) is 18.8 Å². The minimum atomic E-state index is -1.01. The first-order valence-electron chi connectivity index (χ1n) is 13.0. The van der Waals surface area contributed by atoms with Crippen LogP contribution in [0, 0.1) is 17.6 Å². The fourth-order valence-electron chi connectivity index (χ4n) is 6.34. The van der Waals surface area contributed by atoms with Gasteiger partial charge in [0.15, 0.2) is 17.3 Å². The zero-order chi connectivity index (χ0) is 28.4. The molecule has 41 heavy (non-hydrogen) atoms. The number of halogens is 2. The number of nitrogens with zero attached hydrogens (tertiary/aromatic N) is 3. The van der Waals surface area contributed by atoms with E-state index in [1.54, 1.807) is 15.6 Å². The third-order valence-electron chi connectivity index (χ3n) is 8.04. The molecule has 3 aliphatic heterocycles. The van der Waals surface area contributed by atoms with Crippen LogP contribution in [0.15, 0.2) is 70.5 Å². The van der Waals surface area contributed by atoms with Crippen molar-refractivity contribution in [1.82, 2.24) is 9.58 Å². The second-order valence-electron chi connectivity index (χ2n) is 10.1. The van der Waals surface area contributed by atoms with E-state index in [1.807, 2.05) is 35.4 Å². The molecule has 4 heterocycles. The number of benzene rings is 2. The molecule has 0 saturated carbocycles. The summed E-state index contributed by atoms with van der Waals surface area (Å²) in [7, 11) is 1.13. The van der Waals surface area contributed by atoms with Gasteiger partial charge in [-0.15, -0.1) is 11.8 Å². The van der Waals surface area contributed by atoms with E-state index >= 15 is 4.39 Å². The van der Waals surface area contributed by atoms with Crippen LogP contribution in [0.1, 0.15) is 39.6 Å². The van der Waals surface area contributed by atoms with Gasteiger partial charge in [0.2, 0.25) is 18.0 Å². The lowest BCUT2D eigenvalue weighted by Crippen LogP contribution is -2.63. The van der Waals surface area contributed by atoms with Gasteiger partial charge in [-0.05, 0) is 29.7 Å². The van der Waals surface area contributed by atoms with Crippen LogP contribution >= 0.6 is 11.8 Å². The molecule has 1 aliphatic carbocycles. The van der Waals surface area contributed by atoms with Crippen LogP contribution in [0.25, 0.3) is 0 Å². The highest BCUT2D eigenvalue weighted by atomic mass is 32.2. The van der Waals surface area contributed by atoms with Crippen molar-refractivity contribution >= 4 is 23.8 Å². The molecule has 12 heteroatoms. The highest BCUT2D eigenvalue weighted by Crippen LogP contribution is 2.49. The quantitative estimate of drug-likeness (QED) is 0.257. The number of hydrogen-bond acceptors (Lipinski definition) is 8. The maximum atomic E-state index is 15.4. The van der Waals surface area contributed by atoms with E-state index in [-0.39, 0.29) is 34.7 Å². The SMILES string of the molecule is COC(=O)OCOc1c2n(ccc1=O)N([C@@H]1c3ccccc3SCc3c1ccc(F)c3F)[C@@H]1[C@H]3C=C[C@H](C3)N1C2=O. The van der Waals surface area contributed by atoms with Gasteiger partial charge in [-0.2, -0.15) is 0 Å². The number of amides is 1. The Labute approximate surface area is 236 Å². The number of aromatic nitrogens is 1. The Morgan fingerprint density at radius 1 is 1.07 bits per heavy atom. The molecule has 0 unspecified atom stereocenters. The van der Waals surface area contributed by atoms with Gasteiger partial charge in [0.05, 0.1) is 19.2 Å². The van der Waals surface area contributed by atoms with E-state index < -0.39 is 48.1 Å². The summed E-state index contributed by atoms with van der Waals surface area (Å²) in [4.78, 5) is 41.2. The second kappa shape index (κ2) is 9.65. The Bertz CT molecular complexity index is 1690. The van der Waals surface area contributed by atoms with Crippen LogP contribution in [0.5, 0.6) is 5.75 Å². The van der Waals surface area contributed by atoms with Crippen molar-refractivity contribution in [1.29, 1.82) is 0 Å². The molecular formula is C29H23F2N3O6S. The summed E-state index contributed by atoms with van der Waals surface area (Å²) in [6, 6.07) is 10.8. The van der Waals surface area contributed by atoms with Crippen LogP contribution in [-0.4, -0.2) is 47.7 Å². The van der Waals surface area contributed by atoms with Gasteiger partial charge in [-0.1, -0.05) is 36.4 Å². The zero-order valence-electron chi connectivity index (χ0n) is 21.7. The van der Waals surface area contributed by atoms with E-state index in [4.69, 9.17) is 9.47 Å². The Morgan fingerprint density at radius 2 is 1.90 bits per heavy atom. The molecule has 0 spiro atoms. The highest BCUT2D eigenvalue weighted by molar-refractivity contribution is 7.98. The number of thioether (sulfide) groups is 1. The summed E-state index contributed by atoms with van der Waals surface area (Å²) >= 11 is 1.41. The van der Waals surface area contributed by atoms with Crippen LogP contribution in [-0.2, 0) is 15.2 Å². The lowest BCUT2D eigenvalue weighted by atomic mass is 9.92. The monoisotopic (exact) mass is 579 g/mol. The Balaban J connectivity index is 1.47. The number of carbonyl (C=O) groups is 2. The summed E-state index contributed by atoms with van der Waals surface area (Å²) in [6.07, 6.45) is 4.73. The smallest absolute Gasteiger partial charge is 0.451 e. The third-order valence-corrected chi connectivity index (χ3v) is 9.15. The number of pyridine rings is 1. The molecule has 2 bridgehead atoms. The normalized spacial score (nSPS) is 23.3.